The van der Waals surface area contributed by atoms with Gasteiger partial charge >= 0.3 is 5.97 Å². The van der Waals surface area contributed by atoms with Gasteiger partial charge in [-0.1, -0.05) is 12.5 Å². The quantitative estimate of drug-likeness (QED) is 0.644. The lowest BCUT2D eigenvalue weighted by Crippen LogP contribution is -2.42. The summed E-state index contributed by atoms with van der Waals surface area (Å²) < 4.78 is 0. The number of hydrogen-bond acceptors (Lipinski definition) is 3. The number of nitro benzene ring substituents is 1. The van der Waals surface area contributed by atoms with Crippen LogP contribution in [0.15, 0.2) is 18.2 Å². The second kappa shape index (κ2) is 3.84. The predicted molar refractivity (Wildman–Crippen MR) is 61.0 cm³/mol. The number of carbonyl (C=O) groups is 1. The lowest BCUT2D eigenvalue weighted by molar-refractivity contribution is -0.385. The minimum absolute atomic E-state index is 0.0358. The lowest BCUT2D eigenvalue weighted by atomic mass is 9.64. The van der Waals surface area contributed by atoms with Crippen LogP contribution in [0.25, 0.3) is 0 Å². The molecule has 0 heterocycles. The van der Waals surface area contributed by atoms with Crippen LogP contribution in [0.2, 0.25) is 0 Å². The van der Waals surface area contributed by atoms with Gasteiger partial charge in [-0.25, -0.2) is 0 Å². The second-order valence-corrected chi connectivity index (χ2v) is 4.50. The minimum atomic E-state index is -0.836. The van der Waals surface area contributed by atoms with Crippen molar-refractivity contribution < 1.29 is 14.8 Å². The van der Waals surface area contributed by atoms with E-state index in [0.29, 0.717) is 24.0 Å². The van der Waals surface area contributed by atoms with Crippen molar-refractivity contribution in [2.24, 2.45) is 0 Å². The number of carboxylic acids is 1. The van der Waals surface area contributed by atoms with Crippen LogP contribution in [-0.4, -0.2) is 16.0 Å². The number of aliphatic carboxylic acids is 1. The first-order valence-electron chi connectivity index (χ1n) is 5.46. The molecule has 0 spiro atoms. The molecular weight excluding hydrogens is 222 g/mol. The summed E-state index contributed by atoms with van der Waals surface area (Å²) in [6.07, 6.45) is 2.11. The molecule has 5 nitrogen and oxygen atoms in total. The standard InChI is InChI=1S/C12H13NO4/c1-8-7-9(3-4-10(8)13(16)17)12(11(14)15)5-2-6-12/h3-4,7H,2,5-6H2,1H3,(H,14,15). The van der Waals surface area contributed by atoms with E-state index >= 15 is 0 Å². The number of carboxylic acid groups (broad SMARTS) is 1. The van der Waals surface area contributed by atoms with Gasteiger partial charge < -0.3 is 5.11 Å². The zero-order valence-corrected chi connectivity index (χ0v) is 9.47. The maximum absolute atomic E-state index is 11.3. The summed E-state index contributed by atoms with van der Waals surface area (Å²) in [5, 5.41) is 20.0. The van der Waals surface area contributed by atoms with Crippen LogP contribution in [0, 0.1) is 17.0 Å². The molecule has 0 aromatic heterocycles. The Hall–Kier alpha value is -1.91. The number of nitrogens with zero attached hydrogens (tertiary/aromatic N) is 1. The molecular formula is C12H13NO4. The highest BCUT2D eigenvalue weighted by atomic mass is 16.6. The average molecular weight is 235 g/mol. The van der Waals surface area contributed by atoms with Gasteiger partial charge in [-0.3, -0.25) is 14.9 Å². The highest BCUT2D eigenvalue weighted by Gasteiger charge is 2.46. The van der Waals surface area contributed by atoms with Crippen molar-refractivity contribution in [2.45, 2.75) is 31.6 Å². The summed E-state index contributed by atoms with van der Waals surface area (Å²) in [5.74, 6) is -0.836. The molecule has 17 heavy (non-hydrogen) atoms. The first-order valence-corrected chi connectivity index (χ1v) is 5.46. The highest BCUT2D eigenvalue weighted by molar-refractivity contribution is 5.82. The number of hydrogen-bond donors (Lipinski definition) is 1. The van der Waals surface area contributed by atoms with Crippen molar-refractivity contribution in [1.29, 1.82) is 0 Å². The smallest absolute Gasteiger partial charge is 0.314 e. The topological polar surface area (TPSA) is 80.4 Å². The summed E-state index contributed by atoms with van der Waals surface area (Å²) in [7, 11) is 0. The van der Waals surface area contributed by atoms with Crippen LogP contribution in [0.5, 0.6) is 0 Å². The van der Waals surface area contributed by atoms with Crippen molar-refractivity contribution in [3.8, 4) is 0 Å². The Morgan fingerprint density at radius 1 is 1.47 bits per heavy atom. The third-order valence-electron chi connectivity index (χ3n) is 3.56. The molecule has 1 aromatic rings. The minimum Gasteiger partial charge on any atom is -0.481 e. The summed E-state index contributed by atoms with van der Waals surface area (Å²) in [6.45, 7) is 1.63. The monoisotopic (exact) mass is 235 g/mol. The largest absolute Gasteiger partial charge is 0.481 e. The molecule has 0 unspecified atom stereocenters. The van der Waals surface area contributed by atoms with E-state index in [1.165, 1.54) is 6.07 Å². The van der Waals surface area contributed by atoms with Crippen molar-refractivity contribution in [1.82, 2.24) is 0 Å². The average Bonchev–Trinajstić information content (AvgIpc) is 2.14. The van der Waals surface area contributed by atoms with E-state index in [2.05, 4.69) is 0 Å². The Labute approximate surface area is 98.2 Å². The maximum atomic E-state index is 11.3. The van der Waals surface area contributed by atoms with Gasteiger partial charge in [-0.05, 0) is 31.4 Å². The zero-order valence-electron chi connectivity index (χ0n) is 9.47. The summed E-state index contributed by atoms with van der Waals surface area (Å²) in [4.78, 5) is 21.5. The molecule has 2 rings (SSSR count). The van der Waals surface area contributed by atoms with Gasteiger partial charge in [0.05, 0.1) is 10.3 Å². The molecule has 0 amide bonds. The van der Waals surface area contributed by atoms with Gasteiger partial charge in [0, 0.05) is 11.6 Å². The van der Waals surface area contributed by atoms with E-state index in [4.69, 9.17) is 0 Å². The second-order valence-electron chi connectivity index (χ2n) is 4.50. The van der Waals surface area contributed by atoms with E-state index in [9.17, 15) is 20.0 Å². The fourth-order valence-corrected chi connectivity index (χ4v) is 2.31. The van der Waals surface area contributed by atoms with E-state index in [1.54, 1.807) is 19.1 Å². The van der Waals surface area contributed by atoms with E-state index in [-0.39, 0.29) is 5.69 Å². The molecule has 1 fully saturated rings. The predicted octanol–water partition coefficient (Wildman–Crippen LogP) is 2.41. The Morgan fingerprint density at radius 2 is 2.12 bits per heavy atom. The molecule has 1 saturated carbocycles. The van der Waals surface area contributed by atoms with Crippen LogP contribution in [0.3, 0.4) is 0 Å². The summed E-state index contributed by atoms with van der Waals surface area (Å²) in [6, 6.07) is 4.59. The van der Waals surface area contributed by atoms with Gasteiger partial charge in [0.25, 0.3) is 5.69 Å². The molecule has 1 aliphatic carbocycles. The third kappa shape index (κ3) is 1.67. The third-order valence-corrected chi connectivity index (χ3v) is 3.56. The van der Waals surface area contributed by atoms with Gasteiger partial charge in [0.15, 0.2) is 0 Å². The van der Waals surface area contributed by atoms with E-state index in [1.807, 2.05) is 0 Å². The zero-order chi connectivity index (χ0) is 12.6. The van der Waals surface area contributed by atoms with Crippen LogP contribution >= 0.6 is 0 Å². The first-order chi connectivity index (χ1) is 7.97. The van der Waals surface area contributed by atoms with E-state index in [0.717, 1.165) is 6.42 Å². The fourth-order valence-electron chi connectivity index (χ4n) is 2.31. The van der Waals surface area contributed by atoms with Crippen molar-refractivity contribution in [3.63, 3.8) is 0 Å². The van der Waals surface area contributed by atoms with Crippen LogP contribution < -0.4 is 0 Å². The number of rotatable bonds is 3. The molecule has 0 atom stereocenters. The van der Waals surface area contributed by atoms with Crippen molar-refractivity contribution in [3.05, 3.63) is 39.4 Å². The van der Waals surface area contributed by atoms with Gasteiger partial charge in [-0.15, -0.1) is 0 Å². The SMILES string of the molecule is Cc1cc(C2(C(=O)O)CCC2)ccc1[N+](=O)[O-]. The molecule has 1 aromatic carbocycles. The summed E-state index contributed by atoms with van der Waals surface area (Å²) in [5.41, 5.74) is 0.410. The lowest BCUT2D eigenvalue weighted by Gasteiger charge is -2.38. The highest BCUT2D eigenvalue weighted by Crippen LogP contribution is 2.44. The molecule has 0 radical (unpaired) electrons. The molecule has 5 heteroatoms. The Bertz CT molecular complexity index is 491. The molecule has 1 aliphatic rings. The molecule has 90 valence electrons. The van der Waals surface area contributed by atoms with Gasteiger partial charge in [0.2, 0.25) is 0 Å². The van der Waals surface area contributed by atoms with Crippen molar-refractivity contribution >= 4 is 11.7 Å². The maximum Gasteiger partial charge on any atom is 0.314 e. The van der Waals surface area contributed by atoms with Crippen LogP contribution in [0.1, 0.15) is 30.4 Å². The summed E-state index contributed by atoms with van der Waals surface area (Å²) >= 11 is 0. The van der Waals surface area contributed by atoms with E-state index < -0.39 is 16.3 Å². The van der Waals surface area contributed by atoms with Crippen molar-refractivity contribution in [2.75, 3.05) is 0 Å². The molecule has 0 bridgehead atoms. The Kier molecular flexibility index (Phi) is 2.61. The Balaban J connectivity index is 2.44. The molecule has 0 aliphatic heterocycles. The fraction of sp³-hybridized carbons (Fsp3) is 0.417. The molecule has 1 N–H and O–H groups in total. The van der Waals surface area contributed by atoms with Gasteiger partial charge in [-0.2, -0.15) is 0 Å². The first kappa shape index (κ1) is 11.6. The van der Waals surface area contributed by atoms with Crippen LogP contribution in [-0.2, 0) is 10.2 Å². The number of nitro groups is 1. The normalized spacial score (nSPS) is 17.2. The number of aryl methyl sites for hydroxylation is 1. The Morgan fingerprint density at radius 3 is 2.47 bits per heavy atom. The number of benzene rings is 1. The molecule has 0 saturated heterocycles. The van der Waals surface area contributed by atoms with Crippen LogP contribution in [0.4, 0.5) is 5.69 Å². The van der Waals surface area contributed by atoms with Gasteiger partial charge in [0.1, 0.15) is 0 Å².